The van der Waals surface area contributed by atoms with Gasteiger partial charge in [-0.2, -0.15) is 0 Å². The fourth-order valence-electron chi connectivity index (χ4n) is 4.52. The molecule has 1 nitrogen and oxygen atoms in total. The predicted octanol–water partition coefficient (Wildman–Crippen LogP) is 9.18. The second-order valence-electron chi connectivity index (χ2n) is 9.26. The van der Waals surface area contributed by atoms with Gasteiger partial charge in [-0.15, -0.1) is 0 Å². The maximum absolute atomic E-state index is 6.40. The van der Waals surface area contributed by atoms with Crippen LogP contribution in [0.25, 0.3) is 0 Å². The van der Waals surface area contributed by atoms with E-state index in [1.165, 1.54) is 135 Å². The summed E-state index contributed by atoms with van der Waals surface area (Å²) in [6.07, 6.45) is 29.6. The molecule has 0 unspecified atom stereocenters. The monoisotopic (exact) mass is 381 g/mol. The molecule has 2 N–H and O–H groups in total. The normalized spacial score (nSPS) is 12.0. The largest absolute Gasteiger partial charge is 0.330 e. The van der Waals surface area contributed by atoms with Gasteiger partial charge in [0.25, 0.3) is 0 Å². The molecule has 0 spiro atoms. The number of hydrogen-bond acceptors (Lipinski definition) is 1. The van der Waals surface area contributed by atoms with Crippen LogP contribution >= 0.6 is 0 Å². The van der Waals surface area contributed by atoms with Crippen LogP contribution in [0, 0.1) is 5.41 Å². The molecule has 0 saturated carbocycles. The maximum Gasteiger partial charge on any atom is -0.00205 e. The summed E-state index contributed by atoms with van der Waals surface area (Å²) < 4.78 is 0. The number of rotatable bonds is 22. The Morgan fingerprint density at radius 1 is 0.407 bits per heavy atom. The van der Waals surface area contributed by atoms with E-state index in [9.17, 15) is 0 Å². The van der Waals surface area contributed by atoms with Gasteiger partial charge in [0.2, 0.25) is 0 Å². The Labute approximate surface area is 173 Å². The Hall–Kier alpha value is -0.0400. The fourth-order valence-corrected chi connectivity index (χ4v) is 4.52. The summed E-state index contributed by atoms with van der Waals surface area (Å²) in [7, 11) is 0. The van der Waals surface area contributed by atoms with Crippen LogP contribution in [0.2, 0.25) is 0 Å². The van der Waals surface area contributed by atoms with Gasteiger partial charge in [-0.1, -0.05) is 136 Å². The highest BCUT2D eigenvalue weighted by Crippen LogP contribution is 2.36. The smallest absolute Gasteiger partial charge is 0.00205 e. The predicted molar refractivity (Wildman–Crippen MR) is 125 cm³/mol. The van der Waals surface area contributed by atoms with Crippen molar-refractivity contribution in [3.63, 3.8) is 0 Å². The Balaban J connectivity index is 4.23. The zero-order chi connectivity index (χ0) is 20.1. The second kappa shape index (κ2) is 20.7. The van der Waals surface area contributed by atoms with Crippen molar-refractivity contribution in [2.45, 2.75) is 156 Å². The van der Waals surface area contributed by atoms with Gasteiger partial charge in [0.1, 0.15) is 0 Å². The van der Waals surface area contributed by atoms with Crippen molar-refractivity contribution in [2.24, 2.45) is 11.1 Å². The summed E-state index contributed by atoms with van der Waals surface area (Å²) in [6, 6.07) is 0. The summed E-state index contributed by atoms with van der Waals surface area (Å²) in [6.45, 7) is 7.84. The van der Waals surface area contributed by atoms with Gasteiger partial charge in [-0.05, 0) is 31.2 Å². The van der Waals surface area contributed by atoms with E-state index in [1.54, 1.807) is 0 Å². The lowest BCUT2D eigenvalue weighted by atomic mass is 9.74. The van der Waals surface area contributed by atoms with Crippen molar-refractivity contribution in [2.75, 3.05) is 6.54 Å². The molecule has 0 bridgehead atoms. The van der Waals surface area contributed by atoms with Gasteiger partial charge in [0, 0.05) is 0 Å². The minimum Gasteiger partial charge on any atom is -0.330 e. The highest BCUT2D eigenvalue weighted by molar-refractivity contribution is 4.81. The van der Waals surface area contributed by atoms with E-state index in [2.05, 4.69) is 20.8 Å². The third-order valence-corrected chi connectivity index (χ3v) is 6.61. The van der Waals surface area contributed by atoms with Gasteiger partial charge in [0.15, 0.2) is 0 Å². The highest BCUT2D eigenvalue weighted by atomic mass is 14.6. The van der Waals surface area contributed by atoms with E-state index in [4.69, 9.17) is 5.73 Å². The fraction of sp³-hybridized carbons (Fsp3) is 1.00. The van der Waals surface area contributed by atoms with E-state index >= 15 is 0 Å². The SMILES string of the molecule is CCCCCCCCC(CN)(CCCCCCCC)CCCCCCCC. The molecule has 0 aliphatic carbocycles. The average molecular weight is 382 g/mol. The van der Waals surface area contributed by atoms with Gasteiger partial charge in [-0.3, -0.25) is 0 Å². The van der Waals surface area contributed by atoms with Crippen LogP contribution in [-0.4, -0.2) is 6.54 Å². The molecule has 0 rings (SSSR count). The van der Waals surface area contributed by atoms with E-state index in [0.29, 0.717) is 5.41 Å². The standard InChI is InChI=1S/C26H55N/c1-4-7-10-13-16-19-22-26(25-27,23-20-17-14-11-8-5-2)24-21-18-15-12-9-6-3/h4-25,27H2,1-3H3. The third kappa shape index (κ3) is 16.6. The van der Waals surface area contributed by atoms with Crippen molar-refractivity contribution in [1.82, 2.24) is 0 Å². The first-order valence-electron chi connectivity index (χ1n) is 12.9. The van der Waals surface area contributed by atoms with Crippen LogP contribution < -0.4 is 5.73 Å². The molecule has 0 aromatic carbocycles. The first-order valence-corrected chi connectivity index (χ1v) is 12.9. The molecule has 0 amide bonds. The zero-order valence-corrected chi connectivity index (χ0v) is 19.6. The summed E-state index contributed by atoms with van der Waals surface area (Å²) in [5.41, 5.74) is 6.85. The molecule has 0 saturated heterocycles. The van der Waals surface area contributed by atoms with Gasteiger partial charge >= 0.3 is 0 Å². The minimum absolute atomic E-state index is 0.459. The molecule has 0 heterocycles. The quantitative estimate of drug-likeness (QED) is 0.186. The lowest BCUT2D eigenvalue weighted by molar-refractivity contribution is 0.204. The van der Waals surface area contributed by atoms with Crippen LogP contribution in [0.15, 0.2) is 0 Å². The second-order valence-corrected chi connectivity index (χ2v) is 9.26. The zero-order valence-electron chi connectivity index (χ0n) is 19.6. The van der Waals surface area contributed by atoms with Crippen LogP contribution in [0.5, 0.6) is 0 Å². The molecule has 0 aliphatic heterocycles. The van der Waals surface area contributed by atoms with Crippen molar-refractivity contribution >= 4 is 0 Å². The van der Waals surface area contributed by atoms with Crippen LogP contribution in [-0.2, 0) is 0 Å². The van der Waals surface area contributed by atoms with Crippen molar-refractivity contribution in [3.05, 3.63) is 0 Å². The summed E-state index contributed by atoms with van der Waals surface area (Å²) in [4.78, 5) is 0. The van der Waals surface area contributed by atoms with Crippen molar-refractivity contribution < 1.29 is 0 Å². The molecule has 0 aromatic heterocycles. The van der Waals surface area contributed by atoms with E-state index in [1.807, 2.05) is 0 Å². The Morgan fingerprint density at radius 3 is 0.926 bits per heavy atom. The lowest BCUT2D eigenvalue weighted by Gasteiger charge is -2.33. The number of hydrogen-bond donors (Lipinski definition) is 1. The van der Waals surface area contributed by atoms with Gasteiger partial charge < -0.3 is 5.73 Å². The molecular formula is C26H55N. The molecule has 0 fully saturated rings. The third-order valence-electron chi connectivity index (χ3n) is 6.61. The molecular weight excluding hydrogens is 326 g/mol. The lowest BCUT2D eigenvalue weighted by Crippen LogP contribution is -2.30. The first-order chi connectivity index (χ1) is 13.2. The summed E-state index contributed by atoms with van der Waals surface area (Å²) >= 11 is 0. The highest BCUT2D eigenvalue weighted by Gasteiger charge is 2.26. The molecule has 0 aliphatic rings. The number of nitrogens with two attached hydrogens (primary N) is 1. The van der Waals surface area contributed by atoms with Gasteiger partial charge in [0.05, 0.1) is 0 Å². The van der Waals surface area contributed by atoms with E-state index < -0.39 is 0 Å². The van der Waals surface area contributed by atoms with Crippen LogP contribution in [0.4, 0.5) is 0 Å². The average Bonchev–Trinajstić information content (AvgIpc) is 2.69. The van der Waals surface area contributed by atoms with Crippen LogP contribution in [0.1, 0.15) is 156 Å². The Bertz CT molecular complexity index is 233. The van der Waals surface area contributed by atoms with E-state index in [-0.39, 0.29) is 0 Å². The molecule has 164 valence electrons. The molecule has 0 atom stereocenters. The molecule has 0 aromatic rings. The molecule has 0 radical (unpaired) electrons. The molecule has 27 heavy (non-hydrogen) atoms. The number of unbranched alkanes of at least 4 members (excludes halogenated alkanes) is 15. The minimum atomic E-state index is 0.459. The summed E-state index contributed by atoms with van der Waals surface area (Å²) in [5, 5.41) is 0. The maximum atomic E-state index is 6.40. The van der Waals surface area contributed by atoms with Crippen LogP contribution in [0.3, 0.4) is 0 Å². The first kappa shape index (κ1) is 27.0. The van der Waals surface area contributed by atoms with Crippen molar-refractivity contribution in [1.29, 1.82) is 0 Å². The Morgan fingerprint density at radius 2 is 0.667 bits per heavy atom. The van der Waals surface area contributed by atoms with Gasteiger partial charge in [-0.25, -0.2) is 0 Å². The topological polar surface area (TPSA) is 26.0 Å². The Kier molecular flexibility index (Phi) is 20.7. The summed E-state index contributed by atoms with van der Waals surface area (Å²) in [5.74, 6) is 0. The van der Waals surface area contributed by atoms with E-state index in [0.717, 1.165) is 6.54 Å². The molecule has 1 heteroatoms. The van der Waals surface area contributed by atoms with Crippen molar-refractivity contribution in [3.8, 4) is 0 Å².